The third-order valence-corrected chi connectivity index (χ3v) is 7.95. The number of carbonyl (C=O) groups excluding carboxylic acids is 1. The van der Waals surface area contributed by atoms with Gasteiger partial charge in [-0.2, -0.15) is 4.31 Å². The van der Waals surface area contributed by atoms with Crippen molar-refractivity contribution in [1.29, 1.82) is 0 Å². The highest BCUT2D eigenvalue weighted by Gasteiger charge is 2.39. The third-order valence-electron chi connectivity index (χ3n) is 3.92. The quantitative estimate of drug-likeness (QED) is 0.806. The van der Waals surface area contributed by atoms with Crippen LogP contribution in [0.2, 0.25) is 0 Å². The first-order valence-electron chi connectivity index (χ1n) is 7.52. The molecule has 1 aromatic heterocycles. The van der Waals surface area contributed by atoms with E-state index in [4.69, 9.17) is 0 Å². The van der Waals surface area contributed by atoms with Crippen molar-refractivity contribution < 1.29 is 13.2 Å². The molecule has 0 aliphatic carbocycles. The fourth-order valence-electron chi connectivity index (χ4n) is 2.72. The van der Waals surface area contributed by atoms with Crippen LogP contribution in [0, 0.1) is 0 Å². The number of carbonyl (C=O) groups is 1. The highest BCUT2D eigenvalue weighted by Crippen LogP contribution is 2.29. The predicted molar refractivity (Wildman–Crippen MR) is 98.1 cm³/mol. The lowest BCUT2D eigenvalue weighted by atomic mass is 10.2. The van der Waals surface area contributed by atoms with Crippen LogP contribution in [0.1, 0.15) is 12.8 Å². The Labute approximate surface area is 150 Å². The Hall–Kier alpha value is -1.35. The average Bonchev–Trinajstić information content (AvgIpc) is 3.27. The molecule has 1 saturated heterocycles. The zero-order chi connectivity index (χ0) is 17.2. The van der Waals surface area contributed by atoms with Gasteiger partial charge in [-0.3, -0.25) is 4.79 Å². The van der Waals surface area contributed by atoms with Gasteiger partial charge in [0.2, 0.25) is 5.91 Å². The van der Waals surface area contributed by atoms with Crippen LogP contribution in [0.15, 0.2) is 50.9 Å². The number of rotatable bonds is 5. The number of hydrogen-bond acceptors (Lipinski definition) is 5. The number of benzene rings is 1. The third kappa shape index (κ3) is 3.51. The summed E-state index contributed by atoms with van der Waals surface area (Å²) < 4.78 is 27.0. The van der Waals surface area contributed by atoms with Gasteiger partial charge in [-0.15, -0.1) is 23.1 Å². The molecule has 24 heavy (non-hydrogen) atoms. The minimum atomic E-state index is -3.60. The number of hydrogen-bond donors (Lipinski definition) is 1. The molecule has 1 aliphatic rings. The number of amides is 1. The van der Waals surface area contributed by atoms with Gasteiger partial charge in [0.15, 0.2) is 0 Å². The van der Waals surface area contributed by atoms with E-state index in [1.165, 1.54) is 15.6 Å². The van der Waals surface area contributed by atoms with Crippen LogP contribution >= 0.6 is 23.1 Å². The lowest BCUT2D eigenvalue weighted by molar-refractivity contribution is -0.119. The van der Waals surface area contributed by atoms with Crippen molar-refractivity contribution in [2.24, 2.45) is 0 Å². The first-order valence-corrected chi connectivity index (χ1v) is 11.1. The maximum absolute atomic E-state index is 12.7. The Morgan fingerprint density at radius 2 is 2.04 bits per heavy atom. The van der Waals surface area contributed by atoms with Crippen LogP contribution < -0.4 is 5.32 Å². The molecule has 1 N–H and O–H groups in total. The van der Waals surface area contributed by atoms with Crippen molar-refractivity contribution in [3.8, 4) is 0 Å². The van der Waals surface area contributed by atoms with Gasteiger partial charge < -0.3 is 5.32 Å². The minimum Gasteiger partial charge on any atom is -0.325 e. The number of anilines is 1. The van der Waals surface area contributed by atoms with E-state index >= 15 is 0 Å². The number of nitrogens with zero attached hydrogens (tertiary/aromatic N) is 1. The molecule has 0 radical (unpaired) electrons. The van der Waals surface area contributed by atoms with E-state index in [0.29, 0.717) is 25.1 Å². The molecule has 1 atom stereocenters. The summed E-state index contributed by atoms with van der Waals surface area (Å²) in [4.78, 5) is 13.7. The molecule has 0 spiro atoms. The van der Waals surface area contributed by atoms with Gasteiger partial charge in [0, 0.05) is 17.1 Å². The molecule has 2 aromatic rings. The van der Waals surface area contributed by atoms with Crippen molar-refractivity contribution >= 4 is 44.7 Å². The van der Waals surface area contributed by atoms with Crippen molar-refractivity contribution in [3.63, 3.8) is 0 Å². The highest BCUT2D eigenvalue weighted by atomic mass is 32.2. The van der Waals surface area contributed by atoms with Gasteiger partial charge in [-0.05, 0) is 54.8 Å². The maximum atomic E-state index is 12.7. The summed E-state index contributed by atoms with van der Waals surface area (Å²) in [6.07, 6.45) is 3.22. The summed E-state index contributed by atoms with van der Waals surface area (Å²) in [5.74, 6) is -0.274. The van der Waals surface area contributed by atoms with Gasteiger partial charge in [-0.25, -0.2) is 8.42 Å². The second kappa shape index (κ2) is 7.26. The van der Waals surface area contributed by atoms with Gasteiger partial charge in [0.05, 0.1) is 0 Å². The molecule has 1 fully saturated rings. The summed E-state index contributed by atoms with van der Waals surface area (Å²) in [7, 11) is -3.60. The van der Waals surface area contributed by atoms with E-state index in [1.807, 2.05) is 30.5 Å². The Balaban J connectivity index is 1.76. The summed E-state index contributed by atoms with van der Waals surface area (Å²) in [5, 5.41) is 4.56. The van der Waals surface area contributed by atoms with E-state index in [9.17, 15) is 13.2 Å². The van der Waals surface area contributed by atoms with Crippen LogP contribution in [-0.4, -0.2) is 37.5 Å². The van der Waals surface area contributed by atoms with Crippen molar-refractivity contribution in [2.45, 2.75) is 28.0 Å². The molecule has 1 amide bonds. The second-order valence-electron chi connectivity index (χ2n) is 5.42. The largest absolute Gasteiger partial charge is 0.325 e. The molecule has 1 aromatic carbocycles. The smallest absolute Gasteiger partial charge is 0.253 e. The topological polar surface area (TPSA) is 66.5 Å². The lowest BCUT2D eigenvalue weighted by Crippen LogP contribution is -2.42. The first kappa shape index (κ1) is 17.5. The molecule has 1 aliphatic heterocycles. The van der Waals surface area contributed by atoms with E-state index < -0.39 is 16.1 Å². The maximum Gasteiger partial charge on any atom is 0.253 e. The van der Waals surface area contributed by atoms with E-state index in [2.05, 4.69) is 5.32 Å². The lowest BCUT2D eigenvalue weighted by Gasteiger charge is -2.22. The molecule has 128 valence electrons. The Morgan fingerprint density at radius 1 is 1.29 bits per heavy atom. The average molecular weight is 383 g/mol. The zero-order valence-electron chi connectivity index (χ0n) is 13.1. The summed E-state index contributed by atoms with van der Waals surface area (Å²) in [6, 6.07) is 10.1. The fourth-order valence-corrected chi connectivity index (χ4v) is 5.90. The van der Waals surface area contributed by atoms with Crippen LogP contribution in [0.4, 0.5) is 5.69 Å². The molecule has 5 nitrogen and oxygen atoms in total. The van der Waals surface area contributed by atoms with Crippen molar-refractivity contribution in [3.05, 3.63) is 41.8 Å². The van der Waals surface area contributed by atoms with Crippen LogP contribution in [0.5, 0.6) is 0 Å². The van der Waals surface area contributed by atoms with E-state index in [-0.39, 0.29) is 10.1 Å². The molecule has 0 bridgehead atoms. The van der Waals surface area contributed by atoms with Crippen LogP contribution in [0.25, 0.3) is 0 Å². The summed E-state index contributed by atoms with van der Waals surface area (Å²) in [6.45, 7) is 0.379. The number of thiophene rings is 1. The molecule has 2 heterocycles. The van der Waals surface area contributed by atoms with Gasteiger partial charge in [-0.1, -0.05) is 6.07 Å². The monoisotopic (exact) mass is 382 g/mol. The standard InChI is InChI=1S/C16H18N2O3S3/c1-22-13-8-6-12(7-9-13)17-16(19)14-4-2-10-18(14)24(20,21)15-5-3-11-23-15/h3,5-9,11,14H,2,4,10H2,1H3,(H,17,19). The van der Waals surface area contributed by atoms with Crippen LogP contribution in [-0.2, 0) is 14.8 Å². The highest BCUT2D eigenvalue weighted by molar-refractivity contribution is 7.98. The Bertz CT molecular complexity index is 802. The molecule has 0 saturated carbocycles. The first-order chi connectivity index (χ1) is 11.5. The van der Waals surface area contributed by atoms with E-state index in [0.717, 1.165) is 4.90 Å². The summed E-state index contributed by atoms with van der Waals surface area (Å²) >= 11 is 2.80. The minimum absolute atomic E-state index is 0.274. The SMILES string of the molecule is CSc1ccc(NC(=O)C2CCCN2S(=O)(=O)c2cccs2)cc1. The second-order valence-corrected chi connectivity index (χ2v) is 9.37. The number of thioether (sulfide) groups is 1. The Morgan fingerprint density at radius 3 is 2.67 bits per heavy atom. The fraction of sp³-hybridized carbons (Fsp3) is 0.312. The predicted octanol–water partition coefficient (Wildman–Crippen LogP) is 3.26. The van der Waals surface area contributed by atoms with Crippen molar-refractivity contribution in [1.82, 2.24) is 4.31 Å². The molecular weight excluding hydrogens is 364 g/mol. The molecule has 3 rings (SSSR count). The van der Waals surface area contributed by atoms with Gasteiger partial charge in [0.1, 0.15) is 10.3 Å². The van der Waals surface area contributed by atoms with E-state index in [1.54, 1.807) is 29.3 Å². The molecule has 8 heteroatoms. The number of nitrogens with one attached hydrogen (secondary N) is 1. The normalized spacial score (nSPS) is 18.6. The Kier molecular flexibility index (Phi) is 5.29. The summed E-state index contributed by atoms with van der Waals surface area (Å²) in [5.41, 5.74) is 0.679. The number of sulfonamides is 1. The zero-order valence-corrected chi connectivity index (χ0v) is 15.6. The van der Waals surface area contributed by atoms with Crippen LogP contribution in [0.3, 0.4) is 0 Å². The molecular formula is C16H18N2O3S3. The molecule has 1 unspecified atom stereocenters. The van der Waals surface area contributed by atoms with Gasteiger partial charge in [0.25, 0.3) is 10.0 Å². The van der Waals surface area contributed by atoms with Crippen molar-refractivity contribution in [2.75, 3.05) is 18.1 Å². The van der Waals surface area contributed by atoms with Gasteiger partial charge >= 0.3 is 0 Å².